The van der Waals surface area contributed by atoms with Crippen LogP contribution in [-0.2, 0) is 9.59 Å². The van der Waals surface area contributed by atoms with E-state index in [0.717, 1.165) is 11.8 Å². The fraction of sp³-hybridized carbons (Fsp3) is 0.105. The molecule has 0 aliphatic carbocycles. The summed E-state index contributed by atoms with van der Waals surface area (Å²) in [6.45, 7) is 0. The smallest absolute Gasteiger partial charge is 0.343 e. The summed E-state index contributed by atoms with van der Waals surface area (Å²) < 4.78 is 5.29. The van der Waals surface area contributed by atoms with E-state index in [0.29, 0.717) is 16.9 Å². The third-order valence-electron chi connectivity index (χ3n) is 3.59. The summed E-state index contributed by atoms with van der Waals surface area (Å²) in [6, 6.07) is 15.3. The van der Waals surface area contributed by atoms with E-state index in [-0.39, 0.29) is 11.6 Å². The molecule has 0 radical (unpaired) electrons. The number of rotatable bonds is 6. The molecule has 0 saturated carbocycles. The van der Waals surface area contributed by atoms with E-state index in [1.54, 1.807) is 48.5 Å². The predicted molar refractivity (Wildman–Crippen MR) is 105 cm³/mol. The molecule has 1 unspecified atom stereocenters. The van der Waals surface area contributed by atoms with E-state index in [2.05, 4.69) is 15.5 Å². The molecule has 2 aromatic rings. The molecule has 1 heterocycles. The van der Waals surface area contributed by atoms with Gasteiger partial charge in [0.15, 0.2) is 5.17 Å². The van der Waals surface area contributed by atoms with E-state index in [1.807, 2.05) is 6.07 Å². The summed E-state index contributed by atoms with van der Waals surface area (Å²) in [7, 11) is 0. The summed E-state index contributed by atoms with van der Waals surface area (Å²) in [4.78, 5) is 34.3. The Hall–Kier alpha value is -3.46. The summed E-state index contributed by atoms with van der Waals surface area (Å²) in [5.41, 5.74) is 1.17. The van der Waals surface area contributed by atoms with Crippen molar-refractivity contribution in [2.45, 2.75) is 11.7 Å². The Kier molecular flexibility index (Phi) is 6.18. The topological polar surface area (TPSA) is 117 Å². The van der Waals surface area contributed by atoms with Gasteiger partial charge in [-0.15, -0.1) is 5.10 Å². The fourth-order valence-electron chi connectivity index (χ4n) is 2.26. The monoisotopic (exact) mass is 397 g/mol. The molecule has 142 valence electrons. The molecule has 1 aliphatic rings. The van der Waals surface area contributed by atoms with Crippen molar-refractivity contribution >= 4 is 41.0 Å². The van der Waals surface area contributed by atoms with Crippen molar-refractivity contribution in [2.75, 3.05) is 0 Å². The van der Waals surface area contributed by atoms with Gasteiger partial charge >= 0.3 is 11.9 Å². The first-order chi connectivity index (χ1) is 13.5. The number of aliphatic carboxylic acids is 1. The standard InChI is InChI=1S/C19H15N3O5S/c23-16(24)10-15-17(25)21-19(28-15)22-20-11-12-6-8-14(9-7-12)27-18(26)13-4-2-1-3-5-13/h1-9,11,15H,10H2,(H,23,24)(H,21,22,25). The number of nitrogens with one attached hydrogen (secondary N) is 1. The zero-order valence-corrected chi connectivity index (χ0v) is 15.3. The van der Waals surface area contributed by atoms with E-state index in [9.17, 15) is 14.4 Å². The van der Waals surface area contributed by atoms with Gasteiger partial charge in [0, 0.05) is 0 Å². The number of amides is 1. The highest BCUT2D eigenvalue weighted by atomic mass is 32.2. The first-order valence-corrected chi connectivity index (χ1v) is 9.07. The van der Waals surface area contributed by atoms with Crippen LogP contribution in [0.15, 0.2) is 64.8 Å². The Bertz CT molecular complexity index is 942. The molecule has 1 fully saturated rings. The minimum Gasteiger partial charge on any atom is -0.481 e. The minimum absolute atomic E-state index is 0.251. The molecular formula is C19H15N3O5S. The number of amidine groups is 1. The van der Waals surface area contributed by atoms with Crippen molar-refractivity contribution in [1.29, 1.82) is 0 Å². The Balaban J connectivity index is 1.56. The van der Waals surface area contributed by atoms with Crippen molar-refractivity contribution in [3.63, 3.8) is 0 Å². The SMILES string of the molecule is O=C(O)CC1S/C(=N/N=Cc2ccc(OC(=O)c3ccccc3)cc2)NC1=O. The summed E-state index contributed by atoms with van der Waals surface area (Å²) in [5, 5.41) is 18.5. The molecule has 2 aromatic carbocycles. The number of ether oxygens (including phenoxy) is 1. The maximum Gasteiger partial charge on any atom is 0.343 e. The Morgan fingerprint density at radius 3 is 2.54 bits per heavy atom. The van der Waals surface area contributed by atoms with Gasteiger partial charge in [-0.05, 0) is 42.0 Å². The summed E-state index contributed by atoms with van der Waals surface area (Å²) in [5.74, 6) is -1.50. The lowest BCUT2D eigenvalue weighted by molar-refractivity contribution is -0.138. The maximum atomic E-state index is 12.0. The van der Waals surface area contributed by atoms with Crippen molar-refractivity contribution in [2.24, 2.45) is 10.2 Å². The van der Waals surface area contributed by atoms with Gasteiger partial charge in [0.1, 0.15) is 11.0 Å². The number of hydrogen-bond acceptors (Lipinski definition) is 7. The van der Waals surface area contributed by atoms with Gasteiger partial charge in [-0.3, -0.25) is 9.59 Å². The van der Waals surface area contributed by atoms with Gasteiger partial charge in [-0.1, -0.05) is 30.0 Å². The van der Waals surface area contributed by atoms with E-state index < -0.39 is 23.1 Å². The van der Waals surface area contributed by atoms with Gasteiger partial charge in [0.05, 0.1) is 18.2 Å². The second-order valence-corrected chi connectivity index (χ2v) is 6.86. The van der Waals surface area contributed by atoms with Crippen LogP contribution in [0.3, 0.4) is 0 Å². The number of carbonyl (C=O) groups excluding carboxylic acids is 2. The quantitative estimate of drug-likeness (QED) is 0.334. The van der Waals surface area contributed by atoms with Crippen molar-refractivity contribution in [1.82, 2.24) is 5.32 Å². The predicted octanol–water partition coefficient (Wildman–Crippen LogP) is 2.30. The average molecular weight is 397 g/mol. The molecule has 0 spiro atoms. The lowest BCUT2D eigenvalue weighted by Crippen LogP contribution is -2.26. The van der Waals surface area contributed by atoms with Crippen LogP contribution in [0.25, 0.3) is 0 Å². The van der Waals surface area contributed by atoms with Crippen LogP contribution < -0.4 is 10.1 Å². The Morgan fingerprint density at radius 2 is 1.86 bits per heavy atom. The van der Waals surface area contributed by atoms with Crippen molar-refractivity contribution < 1.29 is 24.2 Å². The van der Waals surface area contributed by atoms with E-state index >= 15 is 0 Å². The van der Waals surface area contributed by atoms with Gasteiger partial charge in [-0.25, -0.2) is 4.79 Å². The van der Waals surface area contributed by atoms with Crippen LogP contribution in [0.2, 0.25) is 0 Å². The van der Waals surface area contributed by atoms with Gasteiger partial charge in [-0.2, -0.15) is 5.10 Å². The first kappa shape index (κ1) is 19.3. The molecule has 9 heteroatoms. The second-order valence-electron chi connectivity index (χ2n) is 5.67. The highest BCUT2D eigenvalue weighted by Crippen LogP contribution is 2.22. The van der Waals surface area contributed by atoms with Crippen LogP contribution in [0.1, 0.15) is 22.3 Å². The van der Waals surface area contributed by atoms with Crippen LogP contribution in [0, 0.1) is 0 Å². The number of carbonyl (C=O) groups is 3. The molecule has 1 saturated heterocycles. The average Bonchev–Trinajstić information content (AvgIpc) is 3.02. The normalized spacial score (nSPS) is 17.6. The molecule has 2 N–H and O–H groups in total. The number of thioether (sulfide) groups is 1. The number of esters is 1. The van der Waals surface area contributed by atoms with Gasteiger partial charge in [0.25, 0.3) is 0 Å². The Morgan fingerprint density at radius 1 is 1.14 bits per heavy atom. The summed E-state index contributed by atoms with van der Waals surface area (Å²) in [6.07, 6.45) is 1.19. The number of carboxylic acids is 1. The number of carboxylic acid groups (broad SMARTS) is 1. The third-order valence-corrected chi connectivity index (χ3v) is 4.66. The largest absolute Gasteiger partial charge is 0.481 e. The third kappa shape index (κ3) is 5.27. The molecule has 3 rings (SSSR count). The molecular weight excluding hydrogens is 382 g/mol. The number of hydrogen-bond donors (Lipinski definition) is 2. The van der Waals surface area contributed by atoms with Crippen molar-refractivity contribution in [3.05, 3.63) is 65.7 Å². The highest BCUT2D eigenvalue weighted by molar-refractivity contribution is 8.15. The fourth-order valence-corrected chi connectivity index (χ4v) is 3.17. The number of nitrogens with zero attached hydrogens (tertiary/aromatic N) is 2. The first-order valence-electron chi connectivity index (χ1n) is 8.19. The number of benzene rings is 2. The zero-order valence-electron chi connectivity index (χ0n) is 14.4. The van der Waals surface area contributed by atoms with Gasteiger partial charge in [0.2, 0.25) is 5.91 Å². The van der Waals surface area contributed by atoms with Crippen molar-refractivity contribution in [3.8, 4) is 5.75 Å². The second kappa shape index (κ2) is 8.96. The van der Waals surface area contributed by atoms with Crippen LogP contribution >= 0.6 is 11.8 Å². The molecule has 1 amide bonds. The van der Waals surface area contributed by atoms with E-state index in [1.165, 1.54) is 6.21 Å². The molecule has 8 nitrogen and oxygen atoms in total. The molecule has 1 atom stereocenters. The van der Waals surface area contributed by atoms with Crippen LogP contribution in [-0.4, -0.2) is 39.6 Å². The Labute approximate surface area is 164 Å². The highest BCUT2D eigenvalue weighted by Gasteiger charge is 2.32. The van der Waals surface area contributed by atoms with Gasteiger partial charge < -0.3 is 15.2 Å². The molecule has 28 heavy (non-hydrogen) atoms. The molecule has 0 bridgehead atoms. The zero-order chi connectivity index (χ0) is 19.9. The van der Waals surface area contributed by atoms with Crippen LogP contribution in [0.5, 0.6) is 5.75 Å². The maximum absolute atomic E-state index is 12.0. The van der Waals surface area contributed by atoms with Crippen LogP contribution in [0.4, 0.5) is 0 Å². The molecule has 0 aromatic heterocycles. The minimum atomic E-state index is -1.05. The molecule has 1 aliphatic heterocycles. The lowest BCUT2D eigenvalue weighted by atomic mass is 10.2. The summed E-state index contributed by atoms with van der Waals surface area (Å²) >= 11 is 1.03. The van der Waals surface area contributed by atoms with E-state index in [4.69, 9.17) is 9.84 Å². The lowest BCUT2D eigenvalue weighted by Gasteiger charge is -2.04.